The first kappa shape index (κ1) is 16.8. The number of aryl methyl sites for hydroxylation is 1. The maximum Gasteiger partial charge on any atom is 0.353 e. The van der Waals surface area contributed by atoms with E-state index >= 15 is 0 Å². The minimum atomic E-state index is -1.59. The van der Waals surface area contributed by atoms with Gasteiger partial charge in [-0.05, 0) is 6.92 Å². The molecule has 0 aliphatic carbocycles. The van der Waals surface area contributed by atoms with Crippen LogP contribution in [0.5, 0.6) is 0 Å². The molecule has 10 nitrogen and oxygen atoms in total. The molecule has 0 bridgehead atoms. The van der Waals surface area contributed by atoms with Crippen molar-refractivity contribution in [2.45, 2.75) is 13.5 Å². The summed E-state index contributed by atoms with van der Waals surface area (Å²) >= 11 is 0. The maximum absolute atomic E-state index is 12.5. The summed E-state index contributed by atoms with van der Waals surface area (Å²) in [5, 5.41) is 21.9. The fourth-order valence-corrected chi connectivity index (χ4v) is 2.96. The summed E-state index contributed by atoms with van der Waals surface area (Å²) in [5.41, 5.74) is -2.12. The van der Waals surface area contributed by atoms with Gasteiger partial charge in [0, 0.05) is 38.9 Å². The Kier molecular flexibility index (Phi) is 4.36. The second-order valence-electron chi connectivity index (χ2n) is 5.55. The van der Waals surface area contributed by atoms with E-state index in [9.17, 15) is 24.6 Å². The van der Waals surface area contributed by atoms with Crippen LogP contribution in [0.25, 0.3) is 11.0 Å². The van der Waals surface area contributed by atoms with Crippen LogP contribution in [0.1, 0.15) is 27.8 Å². The Morgan fingerprint density at radius 2 is 1.92 bits per heavy atom. The Hall–Kier alpha value is -3.01. The Balaban J connectivity index is 2.32. The minimum absolute atomic E-state index is 0.0110. The smallest absolute Gasteiger partial charge is 0.353 e. The molecule has 2 aromatic heterocycles. The molecule has 0 aromatic carbocycles. The quantitative estimate of drug-likeness (QED) is 0.675. The zero-order chi connectivity index (χ0) is 18.1. The van der Waals surface area contributed by atoms with Crippen molar-refractivity contribution in [1.82, 2.24) is 19.9 Å². The number of pyridine rings is 1. The number of aromatic nitrogens is 3. The molecule has 1 saturated heterocycles. The number of hydrogen-bond donors (Lipinski definition) is 3. The van der Waals surface area contributed by atoms with Crippen molar-refractivity contribution in [1.29, 1.82) is 0 Å². The van der Waals surface area contributed by atoms with Gasteiger partial charge in [0.1, 0.15) is 16.9 Å². The monoisotopic (exact) mass is 347 g/mol. The highest BCUT2D eigenvalue weighted by atomic mass is 16.4. The molecule has 25 heavy (non-hydrogen) atoms. The highest BCUT2D eigenvalue weighted by molar-refractivity contribution is 6.03. The number of anilines is 1. The lowest BCUT2D eigenvalue weighted by Crippen LogP contribution is -2.44. The number of piperazine rings is 1. The summed E-state index contributed by atoms with van der Waals surface area (Å²) in [6.07, 6.45) is 1.27. The molecule has 0 atom stereocenters. The predicted molar refractivity (Wildman–Crippen MR) is 88.5 cm³/mol. The van der Waals surface area contributed by atoms with Crippen LogP contribution in [0.3, 0.4) is 0 Å². The molecule has 0 radical (unpaired) electrons. The molecule has 3 heterocycles. The van der Waals surface area contributed by atoms with E-state index in [2.05, 4.69) is 15.3 Å². The molecule has 3 rings (SSSR count). The van der Waals surface area contributed by atoms with E-state index in [0.717, 1.165) is 13.1 Å². The normalized spacial score (nSPS) is 14.7. The van der Waals surface area contributed by atoms with E-state index in [1.54, 1.807) is 6.92 Å². The van der Waals surface area contributed by atoms with Gasteiger partial charge in [-0.25, -0.2) is 14.6 Å². The van der Waals surface area contributed by atoms with Gasteiger partial charge in [-0.3, -0.25) is 4.79 Å². The van der Waals surface area contributed by atoms with Crippen LogP contribution < -0.4 is 15.6 Å². The Bertz CT molecular complexity index is 917. The SMILES string of the molecule is CCn1c(C(=O)O)c(C(=O)O)c(=O)c2cnc(N3CCNCC3)nc21. The summed E-state index contributed by atoms with van der Waals surface area (Å²) < 4.78 is 1.23. The first-order chi connectivity index (χ1) is 12.0. The van der Waals surface area contributed by atoms with Crippen LogP contribution in [0.2, 0.25) is 0 Å². The van der Waals surface area contributed by atoms with Crippen molar-refractivity contribution in [3.05, 3.63) is 27.7 Å². The van der Waals surface area contributed by atoms with Gasteiger partial charge < -0.3 is 25.0 Å². The van der Waals surface area contributed by atoms with Crippen LogP contribution in [-0.2, 0) is 6.54 Å². The van der Waals surface area contributed by atoms with E-state index in [1.807, 2.05) is 4.90 Å². The standard InChI is InChI=1S/C15H17N5O5/c1-2-20-10(14(24)25)9(13(22)23)11(21)8-7-17-15(18-12(8)20)19-5-3-16-4-6-19/h7,16H,2-6H2,1H3,(H,22,23)(H,24,25). The largest absolute Gasteiger partial charge is 0.477 e. The van der Waals surface area contributed by atoms with E-state index < -0.39 is 28.6 Å². The molecule has 1 fully saturated rings. The van der Waals surface area contributed by atoms with Crippen molar-refractivity contribution in [2.24, 2.45) is 0 Å². The van der Waals surface area contributed by atoms with Crippen LogP contribution in [0.4, 0.5) is 5.95 Å². The van der Waals surface area contributed by atoms with Crippen LogP contribution in [0.15, 0.2) is 11.0 Å². The number of nitrogens with zero attached hydrogens (tertiary/aromatic N) is 4. The first-order valence-corrected chi connectivity index (χ1v) is 7.81. The topological polar surface area (TPSA) is 138 Å². The average molecular weight is 347 g/mol. The second kappa shape index (κ2) is 6.48. The predicted octanol–water partition coefficient (Wildman–Crippen LogP) is -0.383. The Labute approximate surface area is 141 Å². The number of rotatable bonds is 4. The molecule has 0 saturated carbocycles. The average Bonchev–Trinajstić information content (AvgIpc) is 2.61. The molecule has 1 aliphatic rings. The van der Waals surface area contributed by atoms with Crippen LogP contribution in [0, 0.1) is 0 Å². The van der Waals surface area contributed by atoms with Gasteiger partial charge in [0.2, 0.25) is 11.4 Å². The third kappa shape index (κ3) is 2.80. The lowest BCUT2D eigenvalue weighted by Gasteiger charge is -2.27. The lowest BCUT2D eigenvalue weighted by molar-refractivity contribution is 0.0640. The van der Waals surface area contributed by atoms with E-state index in [0.29, 0.717) is 19.0 Å². The molecular weight excluding hydrogens is 330 g/mol. The molecule has 0 unspecified atom stereocenters. The summed E-state index contributed by atoms with van der Waals surface area (Å²) in [7, 11) is 0. The molecular formula is C15H17N5O5. The van der Waals surface area contributed by atoms with Gasteiger partial charge in [-0.1, -0.05) is 0 Å². The van der Waals surface area contributed by atoms with Gasteiger partial charge in [-0.15, -0.1) is 0 Å². The molecule has 0 spiro atoms. The molecule has 3 N–H and O–H groups in total. The van der Waals surface area contributed by atoms with Gasteiger partial charge in [0.05, 0.1) is 5.39 Å². The highest BCUT2D eigenvalue weighted by Gasteiger charge is 2.27. The summed E-state index contributed by atoms with van der Waals surface area (Å²) in [6, 6.07) is 0. The Morgan fingerprint density at radius 1 is 1.24 bits per heavy atom. The van der Waals surface area contributed by atoms with Gasteiger partial charge in [0.15, 0.2) is 0 Å². The summed E-state index contributed by atoms with van der Waals surface area (Å²) in [4.78, 5) is 46.0. The number of nitrogens with one attached hydrogen (secondary N) is 1. The second-order valence-corrected chi connectivity index (χ2v) is 5.55. The number of fused-ring (bicyclic) bond motifs is 1. The summed E-state index contributed by atoms with van der Waals surface area (Å²) in [6.45, 7) is 4.70. The van der Waals surface area contributed by atoms with Gasteiger partial charge in [0.25, 0.3) is 0 Å². The lowest BCUT2D eigenvalue weighted by atomic mass is 10.1. The van der Waals surface area contributed by atoms with Gasteiger partial charge >= 0.3 is 11.9 Å². The van der Waals surface area contributed by atoms with Crippen molar-refractivity contribution in [2.75, 3.05) is 31.1 Å². The summed E-state index contributed by atoms with van der Waals surface area (Å²) in [5.74, 6) is -2.69. The van der Waals surface area contributed by atoms with Crippen LogP contribution in [-0.4, -0.2) is 62.9 Å². The molecule has 2 aromatic rings. The van der Waals surface area contributed by atoms with Crippen LogP contribution >= 0.6 is 0 Å². The number of carboxylic acids is 2. The number of hydrogen-bond acceptors (Lipinski definition) is 7. The molecule has 1 aliphatic heterocycles. The van der Waals surface area contributed by atoms with E-state index in [4.69, 9.17) is 0 Å². The third-order valence-electron chi connectivity index (χ3n) is 4.12. The van der Waals surface area contributed by atoms with Crippen molar-refractivity contribution in [3.8, 4) is 0 Å². The third-order valence-corrected chi connectivity index (χ3v) is 4.12. The fraction of sp³-hybridized carbons (Fsp3) is 0.400. The minimum Gasteiger partial charge on any atom is -0.477 e. The first-order valence-electron chi connectivity index (χ1n) is 7.81. The van der Waals surface area contributed by atoms with Crippen molar-refractivity contribution < 1.29 is 19.8 Å². The number of aromatic carboxylic acids is 2. The highest BCUT2D eigenvalue weighted by Crippen LogP contribution is 2.18. The maximum atomic E-state index is 12.5. The zero-order valence-corrected chi connectivity index (χ0v) is 13.5. The number of carboxylic acid groups (broad SMARTS) is 2. The zero-order valence-electron chi connectivity index (χ0n) is 13.5. The molecule has 0 amide bonds. The van der Waals surface area contributed by atoms with Crippen molar-refractivity contribution in [3.63, 3.8) is 0 Å². The van der Waals surface area contributed by atoms with Gasteiger partial charge in [-0.2, -0.15) is 4.98 Å². The number of carbonyl (C=O) groups is 2. The van der Waals surface area contributed by atoms with E-state index in [1.165, 1.54) is 10.8 Å². The van der Waals surface area contributed by atoms with E-state index in [-0.39, 0.29) is 17.6 Å². The molecule has 10 heteroatoms. The Morgan fingerprint density at radius 3 is 2.48 bits per heavy atom. The fourth-order valence-electron chi connectivity index (χ4n) is 2.96. The molecule has 132 valence electrons. The van der Waals surface area contributed by atoms with Crippen molar-refractivity contribution >= 4 is 28.9 Å².